The Morgan fingerprint density at radius 3 is 2.71 bits per heavy atom. The quantitative estimate of drug-likeness (QED) is 0.627. The minimum absolute atomic E-state index is 0.0469. The van der Waals surface area contributed by atoms with E-state index in [1.807, 2.05) is 12.1 Å². The highest BCUT2D eigenvalue weighted by Gasteiger charge is 2.41. The summed E-state index contributed by atoms with van der Waals surface area (Å²) < 4.78 is 5.41. The Labute approximate surface area is 186 Å². The lowest BCUT2D eigenvalue weighted by Crippen LogP contribution is -2.46. The Morgan fingerprint density at radius 1 is 1.26 bits per heavy atom. The Hall–Kier alpha value is -2.12. The van der Waals surface area contributed by atoms with Gasteiger partial charge in [-0.1, -0.05) is 31.4 Å². The van der Waals surface area contributed by atoms with Gasteiger partial charge in [-0.2, -0.15) is 0 Å². The number of nitrogens with zero attached hydrogens (tertiary/aromatic N) is 2. The number of likely N-dealkylation sites (tertiary alicyclic amines) is 1. The van der Waals surface area contributed by atoms with Gasteiger partial charge in [0.05, 0.1) is 7.11 Å². The van der Waals surface area contributed by atoms with Gasteiger partial charge >= 0.3 is 0 Å². The summed E-state index contributed by atoms with van der Waals surface area (Å²) in [7, 11) is 1.69. The lowest BCUT2D eigenvalue weighted by Gasteiger charge is -2.34. The third-order valence-corrected chi connectivity index (χ3v) is 6.68. The zero-order valence-corrected chi connectivity index (χ0v) is 19.0. The Kier molecular flexibility index (Phi) is 8.72. The molecule has 1 saturated heterocycles. The van der Waals surface area contributed by atoms with Crippen LogP contribution >= 0.6 is 0 Å². The van der Waals surface area contributed by atoms with E-state index in [9.17, 15) is 9.59 Å². The van der Waals surface area contributed by atoms with Crippen molar-refractivity contribution in [1.82, 2.24) is 15.1 Å². The molecule has 0 spiro atoms. The van der Waals surface area contributed by atoms with Crippen LogP contribution in [0.3, 0.4) is 0 Å². The Balaban J connectivity index is 1.77. The molecule has 2 unspecified atom stereocenters. The number of amides is 2. The smallest absolute Gasteiger partial charge is 0.242 e. The third-order valence-electron chi connectivity index (χ3n) is 6.68. The standard InChI is InChI=1S/C24H38N4O3/c1-18(29)28-17-21(14-23(28)24(30)26-12-11-25)27(15-19-7-4-3-5-8-19)16-20-9-6-10-22(13-20)31-2/h6,9-10,13,19,21,23H,3-5,7-8,11-12,14-17,25H2,1-2H3,(H,26,30). The van der Waals surface area contributed by atoms with Crippen molar-refractivity contribution < 1.29 is 14.3 Å². The summed E-state index contributed by atoms with van der Waals surface area (Å²) in [6, 6.07) is 7.92. The van der Waals surface area contributed by atoms with Gasteiger partial charge in [-0.05, 0) is 42.9 Å². The van der Waals surface area contributed by atoms with Gasteiger partial charge in [0.2, 0.25) is 11.8 Å². The van der Waals surface area contributed by atoms with E-state index in [2.05, 4.69) is 22.3 Å². The zero-order valence-electron chi connectivity index (χ0n) is 19.0. The van der Waals surface area contributed by atoms with Crippen molar-refractivity contribution in [3.63, 3.8) is 0 Å². The molecule has 1 aromatic rings. The lowest BCUT2D eigenvalue weighted by molar-refractivity contribution is -0.136. The summed E-state index contributed by atoms with van der Waals surface area (Å²) in [4.78, 5) is 29.3. The van der Waals surface area contributed by atoms with Gasteiger partial charge in [-0.15, -0.1) is 0 Å². The minimum atomic E-state index is -0.423. The predicted octanol–water partition coefficient (Wildman–Crippen LogP) is 2.14. The molecule has 2 aliphatic rings. The van der Waals surface area contributed by atoms with Crippen LogP contribution in [-0.2, 0) is 16.1 Å². The average Bonchev–Trinajstić information content (AvgIpc) is 3.24. The van der Waals surface area contributed by atoms with E-state index in [-0.39, 0.29) is 17.9 Å². The van der Waals surface area contributed by atoms with E-state index in [0.717, 1.165) is 18.8 Å². The van der Waals surface area contributed by atoms with Crippen molar-refractivity contribution >= 4 is 11.8 Å². The first-order valence-electron chi connectivity index (χ1n) is 11.6. The molecule has 2 atom stereocenters. The van der Waals surface area contributed by atoms with Gasteiger partial charge in [-0.3, -0.25) is 14.5 Å². The molecule has 0 aromatic heterocycles. The van der Waals surface area contributed by atoms with E-state index in [4.69, 9.17) is 10.5 Å². The maximum absolute atomic E-state index is 12.7. The summed E-state index contributed by atoms with van der Waals surface area (Å²) in [5, 5.41) is 2.87. The molecule has 7 nitrogen and oxygen atoms in total. The van der Waals surface area contributed by atoms with Gasteiger partial charge in [-0.25, -0.2) is 0 Å². The van der Waals surface area contributed by atoms with Crippen LogP contribution in [-0.4, -0.2) is 67.0 Å². The van der Waals surface area contributed by atoms with Crippen molar-refractivity contribution in [2.24, 2.45) is 11.7 Å². The van der Waals surface area contributed by atoms with Crippen molar-refractivity contribution in [2.75, 3.05) is 33.3 Å². The molecule has 0 bridgehead atoms. The number of rotatable bonds is 9. The molecule has 1 heterocycles. The van der Waals surface area contributed by atoms with Crippen LogP contribution in [0.5, 0.6) is 5.75 Å². The first-order valence-corrected chi connectivity index (χ1v) is 11.6. The average molecular weight is 431 g/mol. The molecular weight excluding hydrogens is 392 g/mol. The van der Waals surface area contributed by atoms with E-state index in [1.54, 1.807) is 18.9 Å². The van der Waals surface area contributed by atoms with E-state index >= 15 is 0 Å². The first-order chi connectivity index (χ1) is 15.0. The molecule has 1 aliphatic carbocycles. The largest absolute Gasteiger partial charge is 0.497 e. The number of nitrogens with two attached hydrogens (primary N) is 1. The third kappa shape index (κ3) is 6.43. The highest BCUT2D eigenvalue weighted by atomic mass is 16.5. The normalized spacial score (nSPS) is 22.0. The maximum atomic E-state index is 12.7. The molecule has 31 heavy (non-hydrogen) atoms. The summed E-state index contributed by atoms with van der Waals surface area (Å²) >= 11 is 0. The second-order valence-corrected chi connectivity index (χ2v) is 8.94. The number of benzene rings is 1. The second-order valence-electron chi connectivity index (χ2n) is 8.94. The van der Waals surface area contributed by atoms with Crippen LogP contribution < -0.4 is 15.8 Å². The number of ether oxygens (including phenoxy) is 1. The van der Waals surface area contributed by atoms with Gasteiger partial charge < -0.3 is 20.7 Å². The van der Waals surface area contributed by atoms with Crippen LogP contribution in [0.4, 0.5) is 0 Å². The SMILES string of the molecule is COc1cccc(CN(CC2CCCCC2)C2CC(C(=O)NCCN)N(C(C)=O)C2)c1. The highest BCUT2D eigenvalue weighted by molar-refractivity contribution is 5.87. The lowest BCUT2D eigenvalue weighted by atomic mass is 9.88. The molecular formula is C24H38N4O3. The van der Waals surface area contributed by atoms with Crippen LogP contribution in [0.15, 0.2) is 24.3 Å². The van der Waals surface area contributed by atoms with E-state index in [1.165, 1.54) is 37.7 Å². The van der Waals surface area contributed by atoms with Crippen LogP contribution in [0.2, 0.25) is 0 Å². The molecule has 7 heteroatoms. The maximum Gasteiger partial charge on any atom is 0.242 e. The predicted molar refractivity (Wildman–Crippen MR) is 122 cm³/mol. The topological polar surface area (TPSA) is 87.9 Å². The number of carbonyl (C=O) groups is 2. The van der Waals surface area contributed by atoms with Crippen molar-refractivity contribution in [3.8, 4) is 5.75 Å². The summed E-state index contributed by atoms with van der Waals surface area (Å²) in [5.74, 6) is 1.39. The highest BCUT2D eigenvalue weighted by Crippen LogP contribution is 2.30. The van der Waals surface area contributed by atoms with Crippen molar-refractivity contribution in [2.45, 2.75) is 64.1 Å². The summed E-state index contributed by atoms with van der Waals surface area (Å²) in [5.41, 5.74) is 6.74. The van der Waals surface area contributed by atoms with E-state index < -0.39 is 6.04 Å². The molecule has 2 amide bonds. The fourth-order valence-corrected chi connectivity index (χ4v) is 5.04. The van der Waals surface area contributed by atoms with Crippen LogP contribution in [0.1, 0.15) is 51.0 Å². The molecule has 0 radical (unpaired) electrons. The van der Waals surface area contributed by atoms with Crippen molar-refractivity contribution in [1.29, 1.82) is 0 Å². The Bertz CT molecular complexity index is 735. The number of nitrogens with one attached hydrogen (secondary N) is 1. The van der Waals surface area contributed by atoms with Gasteiger partial charge in [0, 0.05) is 45.7 Å². The monoisotopic (exact) mass is 430 g/mol. The number of hydrogen-bond acceptors (Lipinski definition) is 5. The van der Waals surface area contributed by atoms with Crippen molar-refractivity contribution in [3.05, 3.63) is 29.8 Å². The fraction of sp³-hybridized carbons (Fsp3) is 0.667. The number of carbonyl (C=O) groups excluding carboxylic acids is 2. The van der Waals surface area contributed by atoms with Gasteiger partial charge in [0.25, 0.3) is 0 Å². The Morgan fingerprint density at radius 2 is 2.03 bits per heavy atom. The first kappa shape index (κ1) is 23.5. The van der Waals surface area contributed by atoms with E-state index in [0.29, 0.717) is 32.0 Å². The van der Waals surface area contributed by atoms with Gasteiger partial charge in [0.1, 0.15) is 11.8 Å². The molecule has 3 N–H and O–H groups in total. The molecule has 1 aromatic carbocycles. The van der Waals surface area contributed by atoms with Crippen LogP contribution in [0.25, 0.3) is 0 Å². The molecule has 3 rings (SSSR count). The summed E-state index contributed by atoms with van der Waals surface area (Å²) in [6.45, 7) is 4.77. The second kappa shape index (κ2) is 11.5. The molecule has 2 fully saturated rings. The molecule has 1 saturated carbocycles. The zero-order chi connectivity index (χ0) is 22.2. The van der Waals surface area contributed by atoms with Crippen LogP contribution in [0, 0.1) is 5.92 Å². The minimum Gasteiger partial charge on any atom is -0.497 e. The molecule has 172 valence electrons. The molecule has 1 aliphatic heterocycles. The summed E-state index contributed by atoms with van der Waals surface area (Å²) in [6.07, 6.45) is 7.11. The number of methoxy groups -OCH3 is 1. The fourth-order valence-electron chi connectivity index (χ4n) is 5.04. The number of hydrogen-bond donors (Lipinski definition) is 2. The van der Waals surface area contributed by atoms with Gasteiger partial charge in [0.15, 0.2) is 0 Å².